The van der Waals surface area contributed by atoms with Gasteiger partial charge < -0.3 is 15.1 Å². The van der Waals surface area contributed by atoms with Gasteiger partial charge in [0.05, 0.1) is 6.04 Å². The number of rotatable bonds is 6. The molecule has 0 spiro atoms. The quantitative estimate of drug-likeness (QED) is 0.778. The molecule has 1 aliphatic heterocycles. The maximum Gasteiger partial charge on any atom is 0.325 e. The van der Waals surface area contributed by atoms with Crippen molar-refractivity contribution < 1.29 is 18.8 Å². The third kappa shape index (κ3) is 3.05. The fraction of sp³-hybridized carbons (Fsp3) is 0.421. The van der Waals surface area contributed by atoms with Crippen LogP contribution in [-0.4, -0.2) is 34.8 Å². The molecule has 3 rings (SSSR count). The molecule has 1 aromatic carbocycles. The van der Waals surface area contributed by atoms with E-state index in [1.54, 1.807) is 6.92 Å². The monoisotopic (exact) mass is 357 g/mol. The molecule has 1 saturated heterocycles. The SMILES string of the molecule is CCC1(CC)NC(=O)N(CC(=O)N[C@@H](C)c2cc3ccccc3o2)C1=O. The van der Waals surface area contributed by atoms with Crippen LogP contribution in [0.1, 0.15) is 45.4 Å². The van der Waals surface area contributed by atoms with Crippen LogP contribution in [0.5, 0.6) is 0 Å². The molecule has 138 valence electrons. The standard InChI is InChI=1S/C19H23N3O4/c1-4-19(5-2)17(24)22(18(25)21-19)11-16(23)20-12(3)15-10-13-8-6-7-9-14(13)26-15/h6-10,12H,4-5,11H2,1-3H3,(H,20,23)(H,21,25)/t12-/m0/s1. The predicted octanol–water partition coefficient (Wildman–Crippen LogP) is 2.72. The van der Waals surface area contributed by atoms with E-state index in [2.05, 4.69) is 10.6 Å². The maximum atomic E-state index is 12.6. The van der Waals surface area contributed by atoms with Crippen LogP contribution in [-0.2, 0) is 9.59 Å². The van der Waals surface area contributed by atoms with Crippen LogP contribution in [0.3, 0.4) is 0 Å². The Bertz CT molecular complexity index is 820. The number of imide groups is 1. The first-order valence-electron chi connectivity index (χ1n) is 8.82. The van der Waals surface area contributed by atoms with Gasteiger partial charge in [-0.1, -0.05) is 32.0 Å². The second-order valence-corrected chi connectivity index (χ2v) is 6.59. The van der Waals surface area contributed by atoms with Gasteiger partial charge in [-0.2, -0.15) is 0 Å². The van der Waals surface area contributed by atoms with E-state index in [0.717, 1.165) is 15.9 Å². The summed E-state index contributed by atoms with van der Waals surface area (Å²) < 4.78 is 5.74. The van der Waals surface area contributed by atoms with Crippen molar-refractivity contribution in [1.82, 2.24) is 15.5 Å². The van der Waals surface area contributed by atoms with Crippen molar-refractivity contribution in [1.29, 1.82) is 0 Å². The smallest absolute Gasteiger partial charge is 0.325 e. The number of carbonyl (C=O) groups is 3. The Kier molecular flexibility index (Phi) is 4.71. The minimum absolute atomic E-state index is 0.309. The van der Waals surface area contributed by atoms with E-state index in [9.17, 15) is 14.4 Å². The van der Waals surface area contributed by atoms with Crippen LogP contribution < -0.4 is 10.6 Å². The molecule has 7 nitrogen and oxygen atoms in total. The third-order valence-corrected chi connectivity index (χ3v) is 5.00. The van der Waals surface area contributed by atoms with Crippen LogP contribution in [0.2, 0.25) is 0 Å². The zero-order valence-corrected chi connectivity index (χ0v) is 15.2. The van der Waals surface area contributed by atoms with Crippen molar-refractivity contribution in [3.8, 4) is 0 Å². The lowest BCUT2D eigenvalue weighted by molar-refractivity contribution is -0.135. The number of hydrogen-bond donors (Lipinski definition) is 2. The summed E-state index contributed by atoms with van der Waals surface area (Å²) in [6.07, 6.45) is 0.975. The van der Waals surface area contributed by atoms with Crippen molar-refractivity contribution in [2.45, 2.75) is 45.2 Å². The maximum absolute atomic E-state index is 12.6. The van der Waals surface area contributed by atoms with Crippen molar-refractivity contribution in [2.75, 3.05) is 6.54 Å². The highest BCUT2D eigenvalue weighted by atomic mass is 16.3. The van der Waals surface area contributed by atoms with Crippen molar-refractivity contribution in [3.05, 3.63) is 36.1 Å². The van der Waals surface area contributed by atoms with E-state index >= 15 is 0 Å². The Morgan fingerprint density at radius 3 is 2.58 bits per heavy atom. The molecular weight excluding hydrogens is 334 g/mol. The molecular formula is C19H23N3O4. The Morgan fingerprint density at radius 2 is 1.96 bits per heavy atom. The van der Waals surface area contributed by atoms with Gasteiger partial charge in [-0.05, 0) is 31.9 Å². The van der Waals surface area contributed by atoms with E-state index in [1.165, 1.54) is 0 Å². The van der Waals surface area contributed by atoms with Crippen LogP contribution >= 0.6 is 0 Å². The highest BCUT2D eigenvalue weighted by Crippen LogP contribution is 2.25. The molecule has 1 aromatic heterocycles. The van der Waals surface area contributed by atoms with Crippen LogP contribution in [0.15, 0.2) is 34.7 Å². The lowest BCUT2D eigenvalue weighted by Gasteiger charge is -2.23. The molecule has 2 aromatic rings. The van der Waals surface area contributed by atoms with Gasteiger partial charge in [-0.25, -0.2) is 4.79 Å². The molecule has 0 bridgehead atoms. The van der Waals surface area contributed by atoms with Crippen molar-refractivity contribution in [3.63, 3.8) is 0 Å². The number of fused-ring (bicyclic) bond motifs is 1. The van der Waals surface area contributed by atoms with Gasteiger partial charge in [-0.15, -0.1) is 0 Å². The summed E-state index contributed by atoms with van der Waals surface area (Å²) in [5, 5.41) is 6.45. The molecule has 2 N–H and O–H groups in total. The van der Waals surface area contributed by atoms with Gasteiger partial charge >= 0.3 is 6.03 Å². The normalized spacial score (nSPS) is 17.4. The van der Waals surface area contributed by atoms with Gasteiger partial charge in [0.15, 0.2) is 0 Å². The second-order valence-electron chi connectivity index (χ2n) is 6.59. The van der Waals surface area contributed by atoms with Gasteiger partial charge in [0.2, 0.25) is 5.91 Å². The highest BCUT2D eigenvalue weighted by Gasteiger charge is 2.49. The first kappa shape index (κ1) is 18.0. The minimum atomic E-state index is -0.901. The number of hydrogen-bond acceptors (Lipinski definition) is 4. The van der Waals surface area contributed by atoms with Gasteiger partial charge in [0.1, 0.15) is 23.4 Å². The molecule has 1 fully saturated rings. The van der Waals surface area contributed by atoms with Gasteiger partial charge in [0.25, 0.3) is 5.91 Å². The average molecular weight is 357 g/mol. The fourth-order valence-corrected chi connectivity index (χ4v) is 3.27. The summed E-state index contributed by atoms with van der Waals surface area (Å²) in [6.45, 7) is 5.17. The molecule has 1 aliphatic rings. The Balaban J connectivity index is 1.67. The largest absolute Gasteiger partial charge is 0.459 e. The summed E-state index contributed by atoms with van der Waals surface area (Å²) in [4.78, 5) is 38.0. The second kappa shape index (κ2) is 6.82. The summed E-state index contributed by atoms with van der Waals surface area (Å²) in [6, 6.07) is 8.55. The summed E-state index contributed by atoms with van der Waals surface area (Å²) in [7, 11) is 0. The first-order chi connectivity index (χ1) is 12.4. The number of urea groups is 1. The Labute approximate surface area is 151 Å². The van der Waals surface area contributed by atoms with Crippen molar-refractivity contribution >= 4 is 28.8 Å². The number of nitrogens with one attached hydrogen (secondary N) is 2. The summed E-state index contributed by atoms with van der Waals surface area (Å²) in [5.41, 5.74) is -0.157. The minimum Gasteiger partial charge on any atom is -0.459 e. The van der Waals surface area contributed by atoms with E-state index in [1.807, 2.05) is 44.2 Å². The molecule has 1 atom stereocenters. The Morgan fingerprint density at radius 1 is 1.27 bits per heavy atom. The molecule has 0 aliphatic carbocycles. The fourth-order valence-electron chi connectivity index (χ4n) is 3.27. The van der Waals surface area contributed by atoms with E-state index in [0.29, 0.717) is 18.6 Å². The zero-order valence-electron chi connectivity index (χ0n) is 15.2. The van der Waals surface area contributed by atoms with E-state index in [-0.39, 0.29) is 18.5 Å². The molecule has 7 heteroatoms. The van der Waals surface area contributed by atoms with E-state index in [4.69, 9.17) is 4.42 Å². The van der Waals surface area contributed by atoms with E-state index < -0.39 is 17.5 Å². The molecule has 4 amide bonds. The lowest BCUT2D eigenvalue weighted by Crippen LogP contribution is -2.46. The lowest BCUT2D eigenvalue weighted by atomic mass is 9.93. The summed E-state index contributed by atoms with van der Waals surface area (Å²) in [5.74, 6) is -0.142. The number of nitrogens with zero attached hydrogens (tertiary/aromatic N) is 1. The van der Waals surface area contributed by atoms with Gasteiger partial charge in [0, 0.05) is 5.39 Å². The van der Waals surface area contributed by atoms with Crippen molar-refractivity contribution in [2.24, 2.45) is 0 Å². The molecule has 0 unspecified atom stereocenters. The predicted molar refractivity (Wildman–Crippen MR) is 96.3 cm³/mol. The van der Waals surface area contributed by atoms with Crippen LogP contribution in [0.4, 0.5) is 4.79 Å². The first-order valence-corrected chi connectivity index (χ1v) is 8.82. The number of benzene rings is 1. The number of furan rings is 1. The molecule has 0 saturated carbocycles. The highest BCUT2D eigenvalue weighted by molar-refractivity contribution is 6.09. The number of carbonyl (C=O) groups excluding carboxylic acids is 3. The Hall–Kier alpha value is -2.83. The summed E-state index contributed by atoms with van der Waals surface area (Å²) >= 11 is 0. The average Bonchev–Trinajstić information content (AvgIpc) is 3.16. The third-order valence-electron chi connectivity index (χ3n) is 5.00. The molecule has 2 heterocycles. The molecule has 0 radical (unpaired) electrons. The van der Waals surface area contributed by atoms with Crippen LogP contribution in [0.25, 0.3) is 11.0 Å². The number of amides is 4. The zero-order chi connectivity index (χ0) is 18.9. The number of para-hydroxylation sites is 1. The van der Waals surface area contributed by atoms with Gasteiger partial charge in [-0.3, -0.25) is 14.5 Å². The topological polar surface area (TPSA) is 91.7 Å². The van der Waals surface area contributed by atoms with Crippen LogP contribution in [0, 0.1) is 0 Å². The molecule has 26 heavy (non-hydrogen) atoms.